The van der Waals surface area contributed by atoms with Crippen LogP contribution < -0.4 is 10.3 Å². The zero-order valence-corrected chi connectivity index (χ0v) is 12.8. The van der Waals surface area contributed by atoms with E-state index in [1.54, 1.807) is 0 Å². The Morgan fingerprint density at radius 3 is 2.00 bits per heavy atom. The quantitative estimate of drug-likeness (QED) is 0.774. The first-order valence-electron chi connectivity index (χ1n) is 7.67. The summed E-state index contributed by atoms with van der Waals surface area (Å²) in [4.78, 5) is 15.8. The van der Waals surface area contributed by atoms with Gasteiger partial charge in [-0.3, -0.25) is 4.79 Å². The fraction of sp³-hybridized carbons (Fsp3) is 0.100. The number of hydrogen-bond donors (Lipinski definition) is 1. The van der Waals surface area contributed by atoms with Crippen molar-refractivity contribution in [3.05, 3.63) is 102 Å². The van der Waals surface area contributed by atoms with E-state index in [0.717, 1.165) is 16.7 Å². The maximum atomic E-state index is 12.8. The van der Waals surface area contributed by atoms with Crippen molar-refractivity contribution in [1.82, 2.24) is 5.32 Å². The zero-order chi connectivity index (χ0) is 15.9. The minimum atomic E-state index is -0.301. The molecular formula is C20H19N2O+. The van der Waals surface area contributed by atoms with E-state index in [1.807, 2.05) is 85.2 Å². The third-order valence-electron chi connectivity index (χ3n) is 3.77. The number of amides is 1. The van der Waals surface area contributed by atoms with Crippen molar-refractivity contribution in [2.24, 2.45) is 0 Å². The van der Waals surface area contributed by atoms with Crippen LogP contribution in [0.3, 0.4) is 0 Å². The van der Waals surface area contributed by atoms with Crippen LogP contribution in [-0.4, -0.2) is 5.91 Å². The van der Waals surface area contributed by atoms with Gasteiger partial charge in [-0.15, -0.1) is 0 Å². The summed E-state index contributed by atoms with van der Waals surface area (Å²) in [6.45, 7) is 0.506. The molecule has 0 bridgehead atoms. The Bertz CT molecular complexity index is 703. The van der Waals surface area contributed by atoms with E-state index in [-0.39, 0.29) is 11.8 Å². The van der Waals surface area contributed by atoms with E-state index in [0.29, 0.717) is 6.54 Å². The molecule has 0 spiro atoms. The number of pyridine rings is 1. The second-order valence-corrected chi connectivity index (χ2v) is 5.38. The van der Waals surface area contributed by atoms with Crippen LogP contribution in [0.5, 0.6) is 0 Å². The minimum Gasteiger partial charge on any atom is -0.351 e. The van der Waals surface area contributed by atoms with Gasteiger partial charge in [-0.1, -0.05) is 60.7 Å². The first-order valence-corrected chi connectivity index (χ1v) is 7.67. The summed E-state index contributed by atoms with van der Waals surface area (Å²) in [7, 11) is 0. The summed E-state index contributed by atoms with van der Waals surface area (Å²) in [5.41, 5.74) is 3.03. The molecule has 1 amide bonds. The molecule has 0 atom stereocenters. The predicted octanol–water partition coefficient (Wildman–Crippen LogP) is 2.95. The molecule has 0 aliphatic heterocycles. The molecule has 0 fully saturated rings. The van der Waals surface area contributed by atoms with Crippen LogP contribution in [0.1, 0.15) is 22.6 Å². The van der Waals surface area contributed by atoms with Crippen LogP contribution in [0.25, 0.3) is 0 Å². The number of carbonyl (C=O) groups excluding carboxylic acids is 1. The molecule has 0 saturated heterocycles. The highest BCUT2D eigenvalue weighted by molar-refractivity contribution is 5.87. The number of H-pyrrole nitrogens is 1. The highest BCUT2D eigenvalue weighted by atomic mass is 16.1. The van der Waals surface area contributed by atoms with Gasteiger partial charge >= 0.3 is 0 Å². The van der Waals surface area contributed by atoms with Crippen molar-refractivity contribution >= 4 is 5.91 Å². The zero-order valence-electron chi connectivity index (χ0n) is 12.8. The molecule has 3 rings (SSSR count). The van der Waals surface area contributed by atoms with E-state index < -0.39 is 0 Å². The Balaban J connectivity index is 1.82. The Hall–Kier alpha value is -2.94. The Morgan fingerprint density at radius 1 is 0.870 bits per heavy atom. The molecule has 2 aromatic carbocycles. The maximum Gasteiger partial charge on any atom is 0.232 e. The number of aromatic nitrogens is 1. The van der Waals surface area contributed by atoms with Gasteiger partial charge in [-0.25, -0.2) is 4.98 Å². The van der Waals surface area contributed by atoms with Crippen LogP contribution in [0.15, 0.2) is 85.2 Å². The Morgan fingerprint density at radius 2 is 1.48 bits per heavy atom. The van der Waals surface area contributed by atoms with E-state index in [9.17, 15) is 4.79 Å². The molecule has 0 aliphatic rings. The monoisotopic (exact) mass is 303 g/mol. The lowest BCUT2D eigenvalue weighted by Crippen LogP contribution is -2.30. The first-order chi connectivity index (χ1) is 11.3. The van der Waals surface area contributed by atoms with Gasteiger partial charge in [-0.05, 0) is 17.2 Å². The predicted molar refractivity (Wildman–Crippen MR) is 89.6 cm³/mol. The summed E-state index contributed by atoms with van der Waals surface area (Å²) in [5.74, 6) is -0.295. The van der Waals surface area contributed by atoms with Gasteiger partial charge in [0.15, 0.2) is 12.4 Å². The van der Waals surface area contributed by atoms with Gasteiger partial charge in [0, 0.05) is 18.2 Å². The largest absolute Gasteiger partial charge is 0.351 e. The second kappa shape index (κ2) is 7.36. The molecule has 0 unspecified atom stereocenters. The lowest BCUT2D eigenvalue weighted by atomic mass is 9.90. The van der Waals surface area contributed by atoms with Crippen molar-refractivity contribution in [2.45, 2.75) is 12.5 Å². The fourth-order valence-electron chi connectivity index (χ4n) is 2.62. The van der Waals surface area contributed by atoms with Crippen LogP contribution in [-0.2, 0) is 11.3 Å². The van der Waals surface area contributed by atoms with Crippen LogP contribution >= 0.6 is 0 Å². The van der Waals surface area contributed by atoms with Gasteiger partial charge < -0.3 is 5.32 Å². The van der Waals surface area contributed by atoms with Crippen molar-refractivity contribution in [3.63, 3.8) is 0 Å². The minimum absolute atomic E-state index is 0.00579. The third kappa shape index (κ3) is 3.83. The molecule has 3 heteroatoms. The molecule has 3 aromatic rings. The molecule has 114 valence electrons. The molecule has 0 saturated carbocycles. The number of rotatable bonds is 5. The van der Waals surface area contributed by atoms with Crippen molar-refractivity contribution in [3.8, 4) is 0 Å². The summed E-state index contributed by atoms with van der Waals surface area (Å²) < 4.78 is 0. The topological polar surface area (TPSA) is 43.2 Å². The Kier molecular flexibility index (Phi) is 4.79. The molecule has 1 aromatic heterocycles. The van der Waals surface area contributed by atoms with Crippen molar-refractivity contribution in [2.75, 3.05) is 0 Å². The summed E-state index contributed by atoms with van der Waals surface area (Å²) in [5, 5.41) is 3.04. The molecule has 0 radical (unpaired) electrons. The highest BCUT2D eigenvalue weighted by Crippen LogP contribution is 2.24. The van der Waals surface area contributed by atoms with E-state index in [1.165, 1.54) is 0 Å². The van der Waals surface area contributed by atoms with Gasteiger partial charge in [-0.2, -0.15) is 0 Å². The fourth-order valence-corrected chi connectivity index (χ4v) is 2.62. The lowest BCUT2D eigenvalue weighted by molar-refractivity contribution is -0.378. The number of benzene rings is 2. The van der Waals surface area contributed by atoms with Gasteiger partial charge in [0.1, 0.15) is 0 Å². The number of carbonyl (C=O) groups is 1. The standard InChI is InChI=1S/C20H18N2O/c23-20(22-15-16-8-7-13-21-14-16)19(17-9-3-1-4-10-17)18-11-5-2-6-12-18/h1-14,19H,15H2,(H,22,23)/p+1. The van der Waals surface area contributed by atoms with Gasteiger partial charge in [0.05, 0.1) is 5.92 Å². The number of nitrogens with one attached hydrogen (secondary N) is 2. The molecule has 23 heavy (non-hydrogen) atoms. The first kappa shape index (κ1) is 15.0. The summed E-state index contributed by atoms with van der Waals surface area (Å²) >= 11 is 0. The van der Waals surface area contributed by atoms with Crippen molar-refractivity contribution < 1.29 is 9.78 Å². The SMILES string of the molecule is O=C(NCc1ccc[nH+]c1)C(c1ccccc1)c1ccccc1. The Labute approximate surface area is 136 Å². The molecule has 0 aliphatic carbocycles. The van der Waals surface area contributed by atoms with E-state index >= 15 is 0 Å². The molecule has 1 heterocycles. The van der Waals surface area contributed by atoms with Crippen LogP contribution in [0, 0.1) is 0 Å². The molecular weight excluding hydrogens is 284 g/mol. The summed E-state index contributed by atoms with van der Waals surface area (Å²) in [6.07, 6.45) is 3.74. The average Bonchev–Trinajstić information content (AvgIpc) is 2.63. The van der Waals surface area contributed by atoms with Gasteiger partial charge in [0.25, 0.3) is 0 Å². The average molecular weight is 303 g/mol. The second-order valence-electron chi connectivity index (χ2n) is 5.38. The summed E-state index contributed by atoms with van der Waals surface area (Å²) in [6, 6.07) is 23.7. The smallest absolute Gasteiger partial charge is 0.232 e. The van der Waals surface area contributed by atoms with Gasteiger partial charge in [0.2, 0.25) is 5.91 Å². The van der Waals surface area contributed by atoms with E-state index in [4.69, 9.17) is 0 Å². The van der Waals surface area contributed by atoms with E-state index in [2.05, 4.69) is 10.3 Å². The highest BCUT2D eigenvalue weighted by Gasteiger charge is 2.22. The lowest BCUT2D eigenvalue weighted by Gasteiger charge is -2.17. The third-order valence-corrected chi connectivity index (χ3v) is 3.77. The van der Waals surface area contributed by atoms with Crippen molar-refractivity contribution in [1.29, 1.82) is 0 Å². The number of hydrogen-bond acceptors (Lipinski definition) is 1. The normalized spacial score (nSPS) is 10.5. The molecule has 3 nitrogen and oxygen atoms in total. The maximum absolute atomic E-state index is 12.8. The van der Waals surface area contributed by atoms with Crippen LogP contribution in [0.2, 0.25) is 0 Å². The molecule has 2 N–H and O–H groups in total. The van der Waals surface area contributed by atoms with Crippen LogP contribution in [0.4, 0.5) is 0 Å². The number of aromatic amines is 1.